The predicted molar refractivity (Wildman–Crippen MR) is 86.6 cm³/mol. The van der Waals surface area contributed by atoms with Crippen LogP contribution in [-0.4, -0.2) is 72.0 Å². The number of carboxylic acids is 1. The molecule has 0 aromatic rings. The third kappa shape index (κ3) is 14.0. The van der Waals surface area contributed by atoms with Crippen molar-refractivity contribution in [2.75, 3.05) is 32.8 Å². The van der Waals surface area contributed by atoms with E-state index in [2.05, 4.69) is 0 Å². The topological polar surface area (TPSA) is 102 Å². The molecule has 0 aliphatic heterocycles. The number of nitrogens with zero attached hydrogens (tertiary/aromatic N) is 1. The lowest BCUT2D eigenvalue weighted by Gasteiger charge is -2.26. The summed E-state index contributed by atoms with van der Waals surface area (Å²) in [5, 5.41) is 8.54. The molecule has 0 bridgehead atoms. The van der Waals surface area contributed by atoms with E-state index < -0.39 is 35.7 Å². The zero-order chi connectivity index (χ0) is 19.0. The fraction of sp³-hybridized carbons (Fsp3) is 0.812. The van der Waals surface area contributed by atoms with Gasteiger partial charge in [0, 0.05) is 6.54 Å². The highest BCUT2D eigenvalue weighted by Gasteiger charge is 2.23. The third-order valence-corrected chi connectivity index (χ3v) is 2.32. The van der Waals surface area contributed by atoms with Crippen LogP contribution >= 0.6 is 0 Å². The number of hydrogen-bond acceptors (Lipinski definition) is 7. The van der Waals surface area contributed by atoms with Crippen molar-refractivity contribution < 1.29 is 33.7 Å². The molecule has 0 saturated heterocycles. The molecule has 8 heteroatoms. The van der Waals surface area contributed by atoms with Crippen molar-refractivity contribution >= 4 is 17.9 Å². The summed E-state index contributed by atoms with van der Waals surface area (Å²) in [6.07, 6.45) is 0. The van der Waals surface area contributed by atoms with E-state index in [0.717, 1.165) is 0 Å². The standard InChI is InChI=1S/C16H29NO7/c1-15(2,3)23-13(20)9-17(7-8-22-11-12(18)19)10-14(21)24-16(4,5)6/h7-11H2,1-6H3,(H,18,19). The second kappa shape index (κ2) is 9.58. The van der Waals surface area contributed by atoms with Gasteiger partial charge in [0.15, 0.2) is 0 Å². The van der Waals surface area contributed by atoms with Crippen molar-refractivity contribution in [2.24, 2.45) is 0 Å². The minimum atomic E-state index is -1.08. The Kier molecular flexibility index (Phi) is 8.92. The highest BCUT2D eigenvalue weighted by molar-refractivity contribution is 5.75. The molecule has 0 spiro atoms. The second-order valence-corrected chi connectivity index (χ2v) is 7.33. The van der Waals surface area contributed by atoms with Crippen LogP contribution in [0.15, 0.2) is 0 Å². The number of carbonyl (C=O) groups excluding carboxylic acids is 2. The van der Waals surface area contributed by atoms with Gasteiger partial charge in [0.25, 0.3) is 0 Å². The first-order valence-electron chi connectivity index (χ1n) is 7.74. The van der Waals surface area contributed by atoms with Crippen molar-refractivity contribution in [3.63, 3.8) is 0 Å². The van der Waals surface area contributed by atoms with Gasteiger partial charge in [-0.25, -0.2) is 4.79 Å². The number of carboxylic acid groups (broad SMARTS) is 1. The quantitative estimate of drug-likeness (QED) is 0.488. The lowest BCUT2D eigenvalue weighted by molar-refractivity contribution is -0.160. The average molecular weight is 347 g/mol. The van der Waals surface area contributed by atoms with Crippen LogP contribution in [0, 0.1) is 0 Å². The fourth-order valence-corrected chi connectivity index (χ4v) is 1.68. The molecule has 0 radical (unpaired) electrons. The lowest BCUT2D eigenvalue weighted by atomic mass is 10.2. The molecule has 0 fully saturated rings. The molecule has 0 aliphatic carbocycles. The number of esters is 2. The number of ether oxygens (including phenoxy) is 3. The zero-order valence-electron chi connectivity index (χ0n) is 15.4. The fourth-order valence-electron chi connectivity index (χ4n) is 1.68. The lowest BCUT2D eigenvalue weighted by Crippen LogP contribution is -2.41. The summed E-state index contributed by atoms with van der Waals surface area (Å²) >= 11 is 0. The summed E-state index contributed by atoms with van der Waals surface area (Å²) in [6.45, 7) is 10.1. The Morgan fingerprint density at radius 1 is 0.875 bits per heavy atom. The van der Waals surface area contributed by atoms with Gasteiger partial charge in [0.1, 0.15) is 17.8 Å². The molecule has 8 nitrogen and oxygen atoms in total. The van der Waals surface area contributed by atoms with Gasteiger partial charge in [-0.15, -0.1) is 0 Å². The Hall–Kier alpha value is -1.67. The maximum Gasteiger partial charge on any atom is 0.329 e. The van der Waals surface area contributed by atoms with Crippen LogP contribution in [0.25, 0.3) is 0 Å². The third-order valence-electron chi connectivity index (χ3n) is 2.32. The van der Waals surface area contributed by atoms with Crippen molar-refractivity contribution in [3.8, 4) is 0 Å². The molecule has 0 heterocycles. The van der Waals surface area contributed by atoms with Gasteiger partial charge in [-0.1, -0.05) is 0 Å². The summed E-state index contributed by atoms with van der Waals surface area (Å²) in [7, 11) is 0. The van der Waals surface area contributed by atoms with Gasteiger partial charge in [0.2, 0.25) is 0 Å². The Labute approximate surface area is 143 Å². The minimum Gasteiger partial charge on any atom is -0.480 e. The molecule has 24 heavy (non-hydrogen) atoms. The van der Waals surface area contributed by atoms with Crippen LogP contribution in [0.5, 0.6) is 0 Å². The highest BCUT2D eigenvalue weighted by atomic mass is 16.6. The Bertz CT molecular complexity index is 405. The molecule has 1 N–H and O–H groups in total. The molecule has 0 aromatic carbocycles. The van der Waals surface area contributed by atoms with E-state index in [4.69, 9.17) is 19.3 Å². The van der Waals surface area contributed by atoms with Gasteiger partial charge >= 0.3 is 17.9 Å². The van der Waals surface area contributed by atoms with Crippen molar-refractivity contribution in [1.82, 2.24) is 4.90 Å². The highest BCUT2D eigenvalue weighted by Crippen LogP contribution is 2.09. The van der Waals surface area contributed by atoms with Crippen molar-refractivity contribution in [3.05, 3.63) is 0 Å². The molecular formula is C16H29NO7. The van der Waals surface area contributed by atoms with Crippen LogP contribution in [-0.2, 0) is 28.6 Å². The average Bonchev–Trinajstić information content (AvgIpc) is 2.28. The van der Waals surface area contributed by atoms with Crippen molar-refractivity contribution in [1.29, 1.82) is 0 Å². The Balaban J connectivity index is 4.61. The first-order valence-corrected chi connectivity index (χ1v) is 7.74. The molecule has 0 aromatic heterocycles. The number of rotatable bonds is 9. The SMILES string of the molecule is CC(C)(C)OC(=O)CN(CCOCC(=O)O)CC(=O)OC(C)(C)C. The Morgan fingerprint density at radius 2 is 1.29 bits per heavy atom. The molecular weight excluding hydrogens is 318 g/mol. The molecule has 0 aliphatic rings. The number of carbonyl (C=O) groups is 3. The smallest absolute Gasteiger partial charge is 0.329 e. The summed E-state index contributed by atoms with van der Waals surface area (Å²) in [4.78, 5) is 35.8. The van der Waals surface area contributed by atoms with E-state index in [1.54, 1.807) is 41.5 Å². The van der Waals surface area contributed by atoms with Crippen LogP contribution in [0.1, 0.15) is 41.5 Å². The predicted octanol–water partition coefficient (Wildman–Crippen LogP) is 1.07. The molecule has 0 unspecified atom stereocenters. The second-order valence-electron chi connectivity index (χ2n) is 7.33. The first-order chi connectivity index (χ1) is 10.8. The molecule has 0 amide bonds. The van der Waals surface area contributed by atoms with E-state index in [9.17, 15) is 14.4 Å². The van der Waals surface area contributed by atoms with Crippen LogP contribution in [0.3, 0.4) is 0 Å². The van der Waals surface area contributed by atoms with Gasteiger partial charge in [-0.2, -0.15) is 0 Å². The molecule has 140 valence electrons. The zero-order valence-corrected chi connectivity index (χ0v) is 15.4. The summed E-state index contributed by atoms with van der Waals surface area (Å²) in [5.74, 6) is -2.05. The van der Waals surface area contributed by atoms with Gasteiger partial charge in [-0.05, 0) is 41.5 Å². The number of hydrogen-bond donors (Lipinski definition) is 1. The summed E-state index contributed by atoms with van der Waals surface area (Å²) in [5.41, 5.74) is -1.26. The van der Waals surface area contributed by atoms with Gasteiger partial charge < -0.3 is 19.3 Å². The summed E-state index contributed by atoms with van der Waals surface area (Å²) < 4.78 is 15.4. The van der Waals surface area contributed by atoms with E-state index in [1.165, 1.54) is 4.90 Å². The van der Waals surface area contributed by atoms with E-state index in [-0.39, 0.29) is 26.2 Å². The maximum atomic E-state index is 11.9. The molecule has 0 rings (SSSR count). The maximum absolute atomic E-state index is 11.9. The van der Waals surface area contributed by atoms with Gasteiger partial charge in [-0.3, -0.25) is 14.5 Å². The van der Waals surface area contributed by atoms with E-state index in [0.29, 0.717) is 0 Å². The van der Waals surface area contributed by atoms with Crippen LogP contribution in [0.2, 0.25) is 0 Å². The van der Waals surface area contributed by atoms with Gasteiger partial charge in [0.05, 0.1) is 19.7 Å². The van der Waals surface area contributed by atoms with Crippen molar-refractivity contribution in [2.45, 2.75) is 52.7 Å². The first kappa shape index (κ1) is 22.3. The number of aliphatic carboxylic acids is 1. The minimum absolute atomic E-state index is 0.0674. The van der Waals surface area contributed by atoms with E-state index >= 15 is 0 Å². The Morgan fingerprint density at radius 3 is 1.62 bits per heavy atom. The van der Waals surface area contributed by atoms with Crippen LogP contribution < -0.4 is 0 Å². The summed E-state index contributed by atoms with van der Waals surface area (Å²) in [6, 6.07) is 0. The van der Waals surface area contributed by atoms with E-state index in [1.807, 2.05) is 0 Å². The molecule has 0 atom stereocenters. The monoisotopic (exact) mass is 347 g/mol. The normalized spacial score (nSPS) is 12.1. The molecule has 0 saturated carbocycles. The van der Waals surface area contributed by atoms with Crippen LogP contribution in [0.4, 0.5) is 0 Å². The largest absolute Gasteiger partial charge is 0.480 e.